The fourth-order valence-electron chi connectivity index (χ4n) is 2.48. The van der Waals surface area contributed by atoms with E-state index < -0.39 is 10.0 Å². The lowest BCUT2D eigenvalue weighted by Crippen LogP contribution is -2.14. The molecule has 10 heteroatoms. The lowest BCUT2D eigenvalue weighted by molar-refractivity contribution is 0.353. The van der Waals surface area contributed by atoms with E-state index in [2.05, 4.69) is 30.8 Å². The van der Waals surface area contributed by atoms with Crippen molar-refractivity contribution in [1.29, 1.82) is 0 Å². The van der Waals surface area contributed by atoms with Gasteiger partial charge < -0.3 is 14.0 Å². The topological polar surface area (TPSA) is 95.3 Å². The van der Waals surface area contributed by atoms with Crippen LogP contribution >= 0.6 is 15.9 Å². The minimum atomic E-state index is -3.84. The Bertz CT molecular complexity index is 1070. The van der Waals surface area contributed by atoms with Crippen LogP contribution in [-0.2, 0) is 17.1 Å². The molecule has 0 spiro atoms. The Labute approximate surface area is 165 Å². The second-order valence-corrected chi connectivity index (χ2v) is 8.09. The van der Waals surface area contributed by atoms with Gasteiger partial charge in [0.1, 0.15) is 11.2 Å². The first-order valence-electron chi connectivity index (χ1n) is 7.74. The summed E-state index contributed by atoms with van der Waals surface area (Å²) in [5, 5.41) is 7.86. The summed E-state index contributed by atoms with van der Waals surface area (Å²) in [7, 11) is 0.919. The third-order valence-corrected chi connectivity index (χ3v) is 6.17. The number of aryl methyl sites for hydroxylation is 1. The van der Waals surface area contributed by atoms with Crippen LogP contribution in [0.1, 0.15) is 0 Å². The molecule has 27 heavy (non-hydrogen) atoms. The first-order valence-corrected chi connectivity index (χ1v) is 10.0. The summed E-state index contributed by atoms with van der Waals surface area (Å²) in [6.45, 7) is 0. The Morgan fingerprint density at radius 3 is 2.26 bits per heavy atom. The molecule has 0 fully saturated rings. The van der Waals surface area contributed by atoms with Crippen molar-refractivity contribution in [3.05, 3.63) is 47.2 Å². The quantitative estimate of drug-likeness (QED) is 0.617. The molecule has 0 saturated carbocycles. The van der Waals surface area contributed by atoms with Gasteiger partial charge in [-0.3, -0.25) is 4.72 Å². The van der Waals surface area contributed by atoms with Crippen LogP contribution in [-0.4, -0.2) is 37.4 Å². The SMILES string of the molecule is COc1cc(Br)c(S(=O)(=O)Nc2ccc(-c3nncn3C)cc2)cc1OC. The number of anilines is 1. The average molecular weight is 453 g/mol. The van der Waals surface area contributed by atoms with Crippen LogP contribution in [0.3, 0.4) is 0 Å². The van der Waals surface area contributed by atoms with Crippen LogP contribution in [0.15, 0.2) is 52.1 Å². The molecular weight excluding hydrogens is 436 g/mol. The number of nitrogens with one attached hydrogen (secondary N) is 1. The third-order valence-electron chi connectivity index (χ3n) is 3.83. The van der Waals surface area contributed by atoms with Crippen molar-refractivity contribution in [2.75, 3.05) is 18.9 Å². The van der Waals surface area contributed by atoms with E-state index in [1.165, 1.54) is 20.3 Å². The van der Waals surface area contributed by atoms with Gasteiger partial charge in [-0.15, -0.1) is 10.2 Å². The van der Waals surface area contributed by atoms with E-state index in [1.807, 2.05) is 7.05 Å². The third kappa shape index (κ3) is 3.91. The molecule has 0 aliphatic heterocycles. The van der Waals surface area contributed by atoms with Gasteiger partial charge in [0.2, 0.25) is 0 Å². The maximum atomic E-state index is 12.8. The van der Waals surface area contributed by atoms with Gasteiger partial charge in [-0.25, -0.2) is 8.42 Å². The number of hydrogen-bond donors (Lipinski definition) is 1. The molecule has 0 bridgehead atoms. The van der Waals surface area contributed by atoms with Crippen molar-refractivity contribution in [2.45, 2.75) is 4.90 Å². The first-order chi connectivity index (χ1) is 12.9. The Hall–Kier alpha value is -2.59. The molecular formula is C17H17BrN4O4S. The predicted molar refractivity (Wildman–Crippen MR) is 104 cm³/mol. The Morgan fingerprint density at radius 2 is 1.70 bits per heavy atom. The van der Waals surface area contributed by atoms with Gasteiger partial charge in [-0.05, 0) is 46.3 Å². The lowest BCUT2D eigenvalue weighted by Gasteiger charge is -2.14. The fraction of sp³-hybridized carbons (Fsp3) is 0.176. The number of aromatic nitrogens is 3. The van der Waals surface area contributed by atoms with E-state index in [1.54, 1.807) is 41.2 Å². The van der Waals surface area contributed by atoms with Crippen molar-refractivity contribution < 1.29 is 17.9 Å². The van der Waals surface area contributed by atoms with E-state index in [4.69, 9.17) is 9.47 Å². The molecule has 2 aromatic carbocycles. The van der Waals surface area contributed by atoms with Crippen LogP contribution < -0.4 is 14.2 Å². The average Bonchev–Trinajstić information content (AvgIpc) is 3.07. The van der Waals surface area contributed by atoms with Crippen LogP contribution in [0.2, 0.25) is 0 Å². The monoisotopic (exact) mass is 452 g/mol. The molecule has 0 atom stereocenters. The van der Waals surface area contributed by atoms with E-state index in [9.17, 15) is 8.42 Å². The van der Waals surface area contributed by atoms with Crippen molar-refractivity contribution in [2.24, 2.45) is 7.05 Å². The summed E-state index contributed by atoms with van der Waals surface area (Å²) >= 11 is 3.27. The summed E-state index contributed by atoms with van der Waals surface area (Å²) in [4.78, 5) is 0.0394. The highest BCUT2D eigenvalue weighted by molar-refractivity contribution is 9.10. The second-order valence-electron chi connectivity index (χ2n) is 5.59. The first kappa shape index (κ1) is 19.2. The minimum absolute atomic E-state index is 0.0394. The molecule has 3 aromatic rings. The van der Waals surface area contributed by atoms with Crippen LogP contribution in [0.5, 0.6) is 11.5 Å². The number of methoxy groups -OCH3 is 2. The van der Waals surface area contributed by atoms with Crippen molar-refractivity contribution in [1.82, 2.24) is 14.8 Å². The lowest BCUT2D eigenvalue weighted by atomic mass is 10.2. The van der Waals surface area contributed by atoms with Gasteiger partial charge >= 0.3 is 0 Å². The Balaban J connectivity index is 1.90. The maximum Gasteiger partial charge on any atom is 0.263 e. The zero-order valence-corrected chi connectivity index (χ0v) is 17.2. The zero-order chi connectivity index (χ0) is 19.6. The van der Waals surface area contributed by atoms with Crippen molar-refractivity contribution >= 4 is 31.6 Å². The number of sulfonamides is 1. The minimum Gasteiger partial charge on any atom is -0.493 e. The molecule has 0 saturated heterocycles. The molecule has 1 aromatic heterocycles. The fourth-order valence-corrected chi connectivity index (χ4v) is 4.58. The number of nitrogens with zero attached hydrogens (tertiary/aromatic N) is 3. The van der Waals surface area contributed by atoms with Crippen LogP contribution in [0, 0.1) is 0 Å². The van der Waals surface area contributed by atoms with E-state index in [0.29, 0.717) is 27.5 Å². The van der Waals surface area contributed by atoms with Crippen molar-refractivity contribution in [3.8, 4) is 22.9 Å². The standard InChI is InChI=1S/C17H17BrN4O4S/c1-22-10-19-20-17(22)11-4-6-12(7-5-11)21-27(23,24)16-9-15(26-3)14(25-2)8-13(16)18/h4-10,21H,1-3H3. The van der Waals surface area contributed by atoms with Gasteiger partial charge in [-0.2, -0.15) is 0 Å². The van der Waals surface area contributed by atoms with E-state index >= 15 is 0 Å². The number of benzene rings is 2. The molecule has 1 heterocycles. The molecule has 0 aliphatic carbocycles. The number of hydrogen-bond acceptors (Lipinski definition) is 6. The van der Waals surface area contributed by atoms with Crippen LogP contribution in [0.4, 0.5) is 5.69 Å². The van der Waals surface area contributed by atoms with E-state index in [-0.39, 0.29) is 4.90 Å². The highest BCUT2D eigenvalue weighted by Gasteiger charge is 2.21. The largest absolute Gasteiger partial charge is 0.493 e. The molecule has 0 unspecified atom stereocenters. The Morgan fingerprint density at radius 1 is 1.07 bits per heavy atom. The maximum absolute atomic E-state index is 12.8. The highest BCUT2D eigenvalue weighted by Crippen LogP contribution is 2.36. The molecule has 3 rings (SSSR count). The number of halogens is 1. The van der Waals surface area contributed by atoms with Gasteiger partial charge in [0, 0.05) is 28.8 Å². The number of rotatable bonds is 6. The molecule has 142 valence electrons. The molecule has 1 N–H and O–H groups in total. The second kappa shape index (κ2) is 7.57. The smallest absolute Gasteiger partial charge is 0.263 e. The predicted octanol–water partition coefficient (Wildman–Crippen LogP) is 3.06. The molecule has 0 radical (unpaired) electrons. The van der Waals surface area contributed by atoms with E-state index in [0.717, 1.165) is 5.56 Å². The van der Waals surface area contributed by atoms with Crippen molar-refractivity contribution in [3.63, 3.8) is 0 Å². The van der Waals surface area contributed by atoms with Gasteiger partial charge in [0.05, 0.1) is 14.2 Å². The normalized spacial score (nSPS) is 11.3. The highest BCUT2D eigenvalue weighted by atomic mass is 79.9. The molecule has 0 aliphatic rings. The Kier molecular flexibility index (Phi) is 5.38. The van der Waals surface area contributed by atoms with Gasteiger partial charge in [-0.1, -0.05) is 0 Å². The van der Waals surface area contributed by atoms with Crippen LogP contribution in [0.25, 0.3) is 11.4 Å². The zero-order valence-electron chi connectivity index (χ0n) is 14.8. The molecule has 8 nitrogen and oxygen atoms in total. The molecule has 0 amide bonds. The van der Waals surface area contributed by atoms with Gasteiger partial charge in [0.15, 0.2) is 17.3 Å². The summed E-state index contributed by atoms with van der Waals surface area (Å²) in [5.74, 6) is 1.43. The van der Waals surface area contributed by atoms with Gasteiger partial charge in [0.25, 0.3) is 10.0 Å². The summed E-state index contributed by atoms with van der Waals surface area (Å²) in [6, 6.07) is 9.81. The summed E-state index contributed by atoms with van der Waals surface area (Å²) in [5.41, 5.74) is 1.24. The number of ether oxygens (including phenoxy) is 2. The summed E-state index contributed by atoms with van der Waals surface area (Å²) < 4.78 is 40.7. The summed E-state index contributed by atoms with van der Waals surface area (Å²) in [6.07, 6.45) is 1.60.